The smallest absolute Gasteiger partial charge is 0.205 e. The van der Waals surface area contributed by atoms with Crippen LogP contribution in [0.4, 0.5) is 5.95 Å². The van der Waals surface area contributed by atoms with E-state index in [9.17, 15) is 0 Å². The summed E-state index contributed by atoms with van der Waals surface area (Å²) < 4.78 is 2.28. The first-order valence-corrected chi connectivity index (χ1v) is 7.09. The first-order chi connectivity index (χ1) is 8.52. The van der Waals surface area contributed by atoms with E-state index in [2.05, 4.69) is 43.4 Å². The molecule has 0 aliphatic carbocycles. The van der Waals surface area contributed by atoms with Crippen molar-refractivity contribution >= 4 is 5.95 Å². The molecule has 0 spiro atoms. The van der Waals surface area contributed by atoms with Crippen molar-refractivity contribution in [3.8, 4) is 0 Å². The third kappa shape index (κ3) is 2.53. The molecule has 2 N–H and O–H groups in total. The molecule has 4 heteroatoms. The third-order valence-electron chi connectivity index (χ3n) is 3.99. The molecule has 0 amide bonds. The number of nitrogens with zero attached hydrogens (tertiary/aromatic N) is 3. The molecule has 0 radical (unpaired) electrons. The van der Waals surface area contributed by atoms with Crippen LogP contribution in [0.25, 0.3) is 0 Å². The van der Waals surface area contributed by atoms with Gasteiger partial charge >= 0.3 is 0 Å². The van der Waals surface area contributed by atoms with Crippen molar-refractivity contribution in [3.63, 3.8) is 0 Å². The molecule has 1 aliphatic rings. The summed E-state index contributed by atoms with van der Waals surface area (Å²) >= 11 is 0. The standard InChI is InChI=1S/C14H26N4/c1-5-12-9-17(7-6-13(12)15)14-16-11(4)8-18(14)10(2)3/h8,10,12-13H,5-7,9,15H2,1-4H3. The van der Waals surface area contributed by atoms with Crippen LogP contribution < -0.4 is 10.6 Å². The molecular formula is C14H26N4. The number of rotatable bonds is 3. The molecule has 0 bridgehead atoms. The predicted molar refractivity (Wildman–Crippen MR) is 75.9 cm³/mol. The molecule has 2 atom stereocenters. The average molecular weight is 250 g/mol. The van der Waals surface area contributed by atoms with Gasteiger partial charge in [0.1, 0.15) is 0 Å². The molecule has 18 heavy (non-hydrogen) atoms. The van der Waals surface area contributed by atoms with Crippen LogP contribution in [0.5, 0.6) is 0 Å². The normalized spacial score (nSPS) is 24.9. The quantitative estimate of drug-likeness (QED) is 0.895. The fourth-order valence-corrected chi connectivity index (χ4v) is 2.78. The Bertz CT molecular complexity index is 396. The van der Waals surface area contributed by atoms with Gasteiger partial charge < -0.3 is 15.2 Å². The number of piperidine rings is 1. The Hall–Kier alpha value is -1.03. The highest BCUT2D eigenvalue weighted by Gasteiger charge is 2.28. The zero-order valence-electron chi connectivity index (χ0n) is 12.1. The summed E-state index contributed by atoms with van der Waals surface area (Å²) in [6.45, 7) is 10.8. The molecule has 2 unspecified atom stereocenters. The van der Waals surface area contributed by atoms with Crippen LogP contribution in [0.3, 0.4) is 0 Å². The number of imidazole rings is 1. The van der Waals surface area contributed by atoms with Gasteiger partial charge in [0.15, 0.2) is 0 Å². The minimum absolute atomic E-state index is 0.356. The van der Waals surface area contributed by atoms with E-state index >= 15 is 0 Å². The van der Waals surface area contributed by atoms with Gasteiger partial charge in [-0.25, -0.2) is 4.98 Å². The molecule has 1 saturated heterocycles. The molecule has 2 heterocycles. The zero-order chi connectivity index (χ0) is 13.3. The van der Waals surface area contributed by atoms with Crippen molar-refractivity contribution in [2.75, 3.05) is 18.0 Å². The molecule has 1 aliphatic heterocycles. The van der Waals surface area contributed by atoms with Crippen LogP contribution in [0.15, 0.2) is 6.20 Å². The summed E-state index contributed by atoms with van der Waals surface area (Å²) in [7, 11) is 0. The minimum Gasteiger partial charge on any atom is -0.342 e. The summed E-state index contributed by atoms with van der Waals surface area (Å²) in [5.74, 6) is 1.71. The molecule has 1 fully saturated rings. The summed E-state index contributed by atoms with van der Waals surface area (Å²) in [4.78, 5) is 7.10. The minimum atomic E-state index is 0.356. The molecule has 1 aromatic rings. The highest BCUT2D eigenvalue weighted by atomic mass is 15.3. The SMILES string of the molecule is CCC1CN(c2nc(C)cn2C(C)C)CCC1N. The van der Waals surface area contributed by atoms with Crippen LogP contribution in [-0.4, -0.2) is 28.7 Å². The van der Waals surface area contributed by atoms with Crippen molar-refractivity contribution in [2.24, 2.45) is 11.7 Å². The lowest BCUT2D eigenvalue weighted by Gasteiger charge is -2.37. The maximum Gasteiger partial charge on any atom is 0.205 e. The van der Waals surface area contributed by atoms with Gasteiger partial charge in [-0.05, 0) is 33.1 Å². The van der Waals surface area contributed by atoms with Crippen LogP contribution in [0.1, 0.15) is 45.3 Å². The van der Waals surface area contributed by atoms with Crippen molar-refractivity contribution in [3.05, 3.63) is 11.9 Å². The number of hydrogen-bond acceptors (Lipinski definition) is 3. The highest BCUT2D eigenvalue weighted by molar-refractivity contribution is 5.35. The number of nitrogens with two attached hydrogens (primary N) is 1. The fraction of sp³-hybridized carbons (Fsp3) is 0.786. The Balaban J connectivity index is 2.21. The lowest BCUT2D eigenvalue weighted by atomic mass is 9.91. The Morgan fingerprint density at radius 1 is 1.50 bits per heavy atom. The van der Waals surface area contributed by atoms with Crippen LogP contribution in [0, 0.1) is 12.8 Å². The van der Waals surface area contributed by atoms with Crippen molar-refractivity contribution in [2.45, 2.75) is 52.6 Å². The van der Waals surface area contributed by atoms with E-state index in [1.54, 1.807) is 0 Å². The highest BCUT2D eigenvalue weighted by Crippen LogP contribution is 2.26. The van der Waals surface area contributed by atoms with E-state index < -0.39 is 0 Å². The van der Waals surface area contributed by atoms with Crippen LogP contribution >= 0.6 is 0 Å². The van der Waals surface area contributed by atoms with E-state index in [4.69, 9.17) is 10.7 Å². The fourth-order valence-electron chi connectivity index (χ4n) is 2.78. The van der Waals surface area contributed by atoms with E-state index in [-0.39, 0.29) is 0 Å². The number of aryl methyl sites for hydroxylation is 1. The third-order valence-corrected chi connectivity index (χ3v) is 3.99. The Kier molecular flexibility index (Phi) is 3.95. The number of hydrogen-bond donors (Lipinski definition) is 1. The van der Waals surface area contributed by atoms with Gasteiger partial charge in [-0.2, -0.15) is 0 Å². The van der Waals surface area contributed by atoms with E-state index in [1.807, 2.05) is 0 Å². The van der Waals surface area contributed by atoms with Crippen LogP contribution in [0.2, 0.25) is 0 Å². The van der Waals surface area contributed by atoms with Gasteiger partial charge in [0, 0.05) is 31.4 Å². The monoisotopic (exact) mass is 250 g/mol. The predicted octanol–water partition coefficient (Wildman–Crippen LogP) is 2.34. The summed E-state index contributed by atoms with van der Waals surface area (Å²) in [5.41, 5.74) is 7.28. The van der Waals surface area contributed by atoms with Crippen molar-refractivity contribution < 1.29 is 0 Å². The average Bonchev–Trinajstić information content (AvgIpc) is 2.72. The summed E-state index contributed by atoms with van der Waals surface area (Å²) in [6.07, 6.45) is 4.37. The summed E-state index contributed by atoms with van der Waals surface area (Å²) in [5, 5.41) is 0. The first-order valence-electron chi connectivity index (χ1n) is 7.09. The van der Waals surface area contributed by atoms with Gasteiger partial charge in [0.2, 0.25) is 5.95 Å². The summed E-state index contributed by atoms with van der Waals surface area (Å²) in [6, 6.07) is 0.812. The van der Waals surface area contributed by atoms with Crippen LogP contribution in [-0.2, 0) is 0 Å². The second-order valence-corrected chi connectivity index (χ2v) is 5.75. The van der Waals surface area contributed by atoms with Gasteiger partial charge in [-0.1, -0.05) is 13.3 Å². The van der Waals surface area contributed by atoms with E-state index in [0.29, 0.717) is 18.0 Å². The second-order valence-electron chi connectivity index (χ2n) is 5.75. The maximum absolute atomic E-state index is 6.18. The molecule has 0 aromatic carbocycles. The lowest BCUT2D eigenvalue weighted by molar-refractivity contribution is 0.342. The lowest BCUT2D eigenvalue weighted by Crippen LogP contribution is -2.47. The second kappa shape index (κ2) is 5.31. The largest absolute Gasteiger partial charge is 0.342 e. The Morgan fingerprint density at radius 2 is 2.22 bits per heavy atom. The molecule has 2 rings (SSSR count). The molecule has 102 valence electrons. The van der Waals surface area contributed by atoms with E-state index in [1.165, 1.54) is 0 Å². The molecule has 0 saturated carbocycles. The van der Waals surface area contributed by atoms with Gasteiger partial charge in [-0.3, -0.25) is 0 Å². The molecular weight excluding hydrogens is 224 g/mol. The number of aromatic nitrogens is 2. The Labute approximate surface area is 110 Å². The van der Waals surface area contributed by atoms with Gasteiger partial charge in [0.25, 0.3) is 0 Å². The maximum atomic E-state index is 6.18. The van der Waals surface area contributed by atoms with Crippen molar-refractivity contribution in [1.82, 2.24) is 9.55 Å². The number of anilines is 1. The first kappa shape index (κ1) is 13.4. The molecule has 1 aromatic heterocycles. The molecule has 4 nitrogen and oxygen atoms in total. The zero-order valence-corrected chi connectivity index (χ0v) is 12.1. The van der Waals surface area contributed by atoms with E-state index in [0.717, 1.165) is 37.6 Å². The van der Waals surface area contributed by atoms with Crippen molar-refractivity contribution in [1.29, 1.82) is 0 Å². The topological polar surface area (TPSA) is 47.1 Å². The Morgan fingerprint density at radius 3 is 2.83 bits per heavy atom. The van der Waals surface area contributed by atoms with Gasteiger partial charge in [0.05, 0.1) is 5.69 Å². The van der Waals surface area contributed by atoms with Gasteiger partial charge in [-0.15, -0.1) is 0 Å².